The summed E-state index contributed by atoms with van der Waals surface area (Å²) >= 11 is 0. The van der Waals surface area contributed by atoms with Crippen LogP contribution in [0, 0.1) is 11.6 Å². The Hall–Kier alpha value is -1.00. The summed E-state index contributed by atoms with van der Waals surface area (Å²) in [5, 5.41) is 12.8. The van der Waals surface area contributed by atoms with Crippen LogP contribution in [0.1, 0.15) is 31.2 Å². The minimum Gasteiger partial charge on any atom is -0.392 e. The van der Waals surface area contributed by atoms with Gasteiger partial charge in [0.05, 0.1) is 6.10 Å². The molecule has 94 valence electrons. The Bertz CT molecular complexity index is 384. The van der Waals surface area contributed by atoms with Gasteiger partial charge in [0.2, 0.25) is 0 Å². The predicted molar refractivity (Wildman–Crippen MR) is 61.5 cm³/mol. The molecule has 0 heterocycles. The van der Waals surface area contributed by atoms with Crippen LogP contribution in [-0.4, -0.2) is 17.3 Å². The van der Waals surface area contributed by atoms with Crippen LogP contribution in [-0.2, 0) is 6.54 Å². The highest BCUT2D eigenvalue weighted by molar-refractivity contribution is 5.18. The second-order valence-electron chi connectivity index (χ2n) is 4.57. The van der Waals surface area contributed by atoms with Gasteiger partial charge in [0.1, 0.15) is 11.6 Å². The Morgan fingerprint density at radius 2 is 2.00 bits per heavy atom. The van der Waals surface area contributed by atoms with Gasteiger partial charge in [0, 0.05) is 18.2 Å². The molecule has 2 atom stereocenters. The number of rotatable bonds is 3. The van der Waals surface area contributed by atoms with Gasteiger partial charge in [0.15, 0.2) is 0 Å². The zero-order chi connectivity index (χ0) is 12.3. The van der Waals surface area contributed by atoms with Crippen molar-refractivity contribution >= 4 is 0 Å². The van der Waals surface area contributed by atoms with Crippen molar-refractivity contribution in [2.45, 2.75) is 44.4 Å². The Balaban J connectivity index is 1.94. The first kappa shape index (κ1) is 12.5. The van der Waals surface area contributed by atoms with Crippen LogP contribution >= 0.6 is 0 Å². The first-order chi connectivity index (χ1) is 8.16. The number of aliphatic hydroxyl groups excluding tert-OH is 1. The Morgan fingerprint density at radius 1 is 1.24 bits per heavy atom. The van der Waals surface area contributed by atoms with Crippen molar-refractivity contribution < 1.29 is 13.9 Å². The third-order valence-electron chi connectivity index (χ3n) is 3.29. The summed E-state index contributed by atoms with van der Waals surface area (Å²) < 4.78 is 26.3. The molecule has 1 aromatic carbocycles. The maximum atomic E-state index is 13.4. The molecule has 4 heteroatoms. The number of hydrogen-bond donors (Lipinski definition) is 2. The van der Waals surface area contributed by atoms with E-state index >= 15 is 0 Å². The fraction of sp³-hybridized carbons (Fsp3) is 0.538. The molecule has 2 rings (SSSR count). The molecule has 0 saturated heterocycles. The quantitative estimate of drug-likeness (QED) is 0.851. The smallest absolute Gasteiger partial charge is 0.127 e. The summed E-state index contributed by atoms with van der Waals surface area (Å²) in [6.07, 6.45) is 3.40. The van der Waals surface area contributed by atoms with Gasteiger partial charge in [-0.15, -0.1) is 0 Å². The molecular weight excluding hydrogens is 224 g/mol. The largest absolute Gasteiger partial charge is 0.392 e. The molecule has 1 saturated carbocycles. The highest BCUT2D eigenvalue weighted by atomic mass is 19.1. The molecule has 2 N–H and O–H groups in total. The second-order valence-corrected chi connectivity index (χ2v) is 4.57. The second kappa shape index (κ2) is 5.56. The average Bonchev–Trinajstić information content (AvgIpc) is 2.32. The number of nitrogens with one attached hydrogen (secondary N) is 1. The minimum atomic E-state index is -0.438. The SMILES string of the molecule is O[C@H]1CCCC[C@@H]1NCc1cc(F)ccc1F. The first-order valence-electron chi connectivity index (χ1n) is 6.02. The molecule has 0 aromatic heterocycles. The van der Waals surface area contributed by atoms with Crippen molar-refractivity contribution in [3.05, 3.63) is 35.4 Å². The van der Waals surface area contributed by atoms with Crippen molar-refractivity contribution in [2.24, 2.45) is 0 Å². The van der Waals surface area contributed by atoms with Gasteiger partial charge >= 0.3 is 0 Å². The molecule has 1 aliphatic rings. The monoisotopic (exact) mass is 241 g/mol. The van der Waals surface area contributed by atoms with E-state index in [9.17, 15) is 13.9 Å². The molecule has 1 aliphatic carbocycles. The van der Waals surface area contributed by atoms with Gasteiger partial charge in [0.25, 0.3) is 0 Å². The highest BCUT2D eigenvalue weighted by Crippen LogP contribution is 2.19. The summed E-state index contributed by atoms with van der Waals surface area (Å²) in [5.41, 5.74) is 0.308. The third kappa shape index (κ3) is 3.23. The number of benzene rings is 1. The lowest BCUT2D eigenvalue weighted by Gasteiger charge is -2.28. The summed E-state index contributed by atoms with van der Waals surface area (Å²) in [6.45, 7) is 0.255. The lowest BCUT2D eigenvalue weighted by Crippen LogP contribution is -2.41. The van der Waals surface area contributed by atoms with Crippen molar-refractivity contribution in [2.75, 3.05) is 0 Å². The minimum absolute atomic E-state index is 0.00795. The van der Waals surface area contributed by atoms with E-state index in [-0.39, 0.29) is 18.7 Å². The number of aliphatic hydroxyl groups is 1. The van der Waals surface area contributed by atoms with E-state index in [1.807, 2.05) is 0 Å². The molecule has 17 heavy (non-hydrogen) atoms. The van der Waals surface area contributed by atoms with Crippen LogP contribution in [0.5, 0.6) is 0 Å². The molecule has 0 unspecified atom stereocenters. The van der Waals surface area contributed by atoms with Gasteiger partial charge in [-0.25, -0.2) is 8.78 Å². The van der Waals surface area contributed by atoms with Gasteiger partial charge in [-0.2, -0.15) is 0 Å². The Kier molecular flexibility index (Phi) is 4.07. The van der Waals surface area contributed by atoms with Crippen LogP contribution in [0.3, 0.4) is 0 Å². The fourth-order valence-electron chi connectivity index (χ4n) is 2.27. The van der Waals surface area contributed by atoms with Crippen molar-refractivity contribution in [1.82, 2.24) is 5.32 Å². The standard InChI is InChI=1S/C13H17F2NO/c14-10-5-6-11(15)9(7-10)8-16-12-3-1-2-4-13(12)17/h5-7,12-13,16-17H,1-4,8H2/t12-,13-/m0/s1. The number of halogens is 2. The van der Waals surface area contributed by atoms with E-state index in [0.29, 0.717) is 5.56 Å². The van der Waals surface area contributed by atoms with Crippen LogP contribution in [0.25, 0.3) is 0 Å². The topological polar surface area (TPSA) is 32.3 Å². The fourth-order valence-corrected chi connectivity index (χ4v) is 2.27. The van der Waals surface area contributed by atoms with Gasteiger partial charge in [-0.3, -0.25) is 0 Å². The maximum absolute atomic E-state index is 13.4. The van der Waals surface area contributed by atoms with E-state index < -0.39 is 11.6 Å². The van der Waals surface area contributed by atoms with Crippen molar-refractivity contribution in [3.8, 4) is 0 Å². The molecule has 0 bridgehead atoms. The third-order valence-corrected chi connectivity index (χ3v) is 3.29. The van der Waals surface area contributed by atoms with Gasteiger partial charge in [-0.1, -0.05) is 12.8 Å². The molecule has 1 fully saturated rings. The van der Waals surface area contributed by atoms with Gasteiger partial charge < -0.3 is 10.4 Å². The normalized spacial score (nSPS) is 24.9. The Morgan fingerprint density at radius 3 is 2.76 bits per heavy atom. The van der Waals surface area contributed by atoms with Crippen molar-refractivity contribution in [3.63, 3.8) is 0 Å². The lowest BCUT2D eigenvalue weighted by molar-refractivity contribution is 0.0901. The summed E-state index contributed by atoms with van der Waals surface area (Å²) in [7, 11) is 0. The van der Waals surface area contributed by atoms with Crippen LogP contribution in [0.4, 0.5) is 8.78 Å². The van der Waals surface area contributed by atoms with Crippen LogP contribution in [0.15, 0.2) is 18.2 Å². The lowest BCUT2D eigenvalue weighted by atomic mass is 9.92. The van der Waals surface area contributed by atoms with E-state index in [4.69, 9.17) is 0 Å². The predicted octanol–water partition coefficient (Wildman–Crippen LogP) is 2.36. The summed E-state index contributed by atoms with van der Waals surface area (Å²) in [6, 6.07) is 3.42. The van der Waals surface area contributed by atoms with Crippen LogP contribution < -0.4 is 5.32 Å². The molecular formula is C13H17F2NO. The molecule has 0 radical (unpaired) electrons. The molecule has 0 spiro atoms. The van der Waals surface area contributed by atoms with E-state index in [1.54, 1.807) is 0 Å². The summed E-state index contributed by atoms with van der Waals surface area (Å²) in [4.78, 5) is 0. The van der Waals surface area contributed by atoms with E-state index in [0.717, 1.165) is 37.8 Å². The zero-order valence-electron chi connectivity index (χ0n) is 9.63. The molecule has 2 nitrogen and oxygen atoms in total. The first-order valence-corrected chi connectivity index (χ1v) is 6.02. The molecule has 0 amide bonds. The zero-order valence-corrected chi connectivity index (χ0v) is 9.63. The number of hydrogen-bond acceptors (Lipinski definition) is 2. The average molecular weight is 241 g/mol. The van der Waals surface area contributed by atoms with E-state index in [2.05, 4.69) is 5.32 Å². The van der Waals surface area contributed by atoms with E-state index in [1.165, 1.54) is 6.07 Å². The Labute approximate surface area is 99.7 Å². The van der Waals surface area contributed by atoms with Crippen LogP contribution in [0.2, 0.25) is 0 Å². The maximum Gasteiger partial charge on any atom is 0.127 e. The van der Waals surface area contributed by atoms with Crippen molar-refractivity contribution in [1.29, 1.82) is 0 Å². The molecule has 0 aliphatic heterocycles. The highest BCUT2D eigenvalue weighted by Gasteiger charge is 2.22. The molecule has 1 aromatic rings. The summed E-state index contributed by atoms with van der Waals surface area (Å²) in [5.74, 6) is -0.850. The van der Waals surface area contributed by atoms with Gasteiger partial charge in [-0.05, 0) is 31.0 Å².